The second-order valence-electron chi connectivity index (χ2n) is 7.11. The van der Waals surface area contributed by atoms with E-state index in [0.29, 0.717) is 44.7 Å². The third-order valence-electron chi connectivity index (χ3n) is 5.12. The summed E-state index contributed by atoms with van der Waals surface area (Å²) in [7, 11) is 0. The fourth-order valence-electron chi connectivity index (χ4n) is 3.62. The number of amides is 3. The third kappa shape index (κ3) is 5.10. The molecule has 2 aliphatic rings. The molecular formula is C18H24N4O6S. The van der Waals surface area contributed by atoms with E-state index in [4.69, 9.17) is 9.84 Å². The number of nitro benzene ring substituents is 1. The molecule has 2 fully saturated rings. The van der Waals surface area contributed by atoms with Crippen LogP contribution in [0.15, 0.2) is 24.3 Å². The Morgan fingerprint density at radius 2 is 1.97 bits per heavy atom. The van der Waals surface area contributed by atoms with Gasteiger partial charge in [-0.15, -0.1) is 0 Å². The van der Waals surface area contributed by atoms with E-state index in [2.05, 4.69) is 12.6 Å². The number of β-amino-alcohol motifs (C(OH)–C–C–N with tert-alkyl or cyclic N) is 1. The van der Waals surface area contributed by atoms with E-state index < -0.39 is 11.0 Å². The fourth-order valence-corrected chi connectivity index (χ4v) is 4.03. The van der Waals surface area contributed by atoms with Gasteiger partial charge in [0.25, 0.3) is 5.69 Å². The molecule has 2 atom stereocenters. The minimum absolute atomic E-state index is 0.00169. The summed E-state index contributed by atoms with van der Waals surface area (Å²) >= 11 is 4.48. The second-order valence-corrected chi connectivity index (χ2v) is 7.84. The number of likely N-dealkylation sites (tertiary alicyclic amines) is 1. The molecule has 0 saturated carbocycles. The number of rotatable bonds is 7. The van der Waals surface area contributed by atoms with Crippen molar-refractivity contribution >= 4 is 30.4 Å². The number of nitrogens with zero attached hydrogens (tertiary/aromatic N) is 4. The van der Waals surface area contributed by atoms with Crippen molar-refractivity contribution in [3.63, 3.8) is 0 Å². The summed E-state index contributed by atoms with van der Waals surface area (Å²) in [6.45, 7) is 2.15. The van der Waals surface area contributed by atoms with E-state index in [1.165, 1.54) is 12.1 Å². The third-order valence-corrected chi connectivity index (χ3v) is 5.49. The van der Waals surface area contributed by atoms with Crippen molar-refractivity contribution in [3.8, 4) is 0 Å². The van der Waals surface area contributed by atoms with Gasteiger partial charge in [0.15, 0.2) is 0 Å². The Morgan fingerprint density at radius 1 is 1.28 bits per heavy atom. The van der Waals surface area contributed by atoms with Crippen LogP contribution in [0, 0.1) is 10.1 Å². The van der Waals surface area contributed by atoms with Gasteiger partial charge in [-0.1, -0.05) is 0 Å². The smallest absolute Gasteiger partial charge is 0.410 e. The van der Waals surface area contributed by atoms with Gasteiger partial charge in [0.05, 0.1) is 17.6 Å². The minimum atomic E-state index is -0.497. The number of carbonyl (C=O) groups excluding carboxylic acids is 2. The Hall–Kier alpha value is -2.53. The highest BCUT2D eigenvalue weighted by Gasteiger charge is 2.38. The van der Waals surface area contributed by atoms with Gasteiger partial charge < -0.3 is 24.5 Å². The topological polar surface area (TPSA) is 116 Å². The first-order valence-electron chi connectivity index (χ1n) is 9.38. The van der Waals surface area contributed by atoms with Crippen LogP contribution in [0.2, 0.25) is 0 Å². The average molecular weight is 424 g/mol. The highest BCUT2D eigenvalue weighted by molar-refractivity contribution is 7.81. The Labute approximate surface area is 173 Å². The van der Waals surface area contributed by atoms with Gasteiger partial charge in [0.2, 0.25) is 0 Å². The van der Waals surface area contributed by atoms with Crippen LogP contribution < -0.4 is 0 Å². The molecule has 0 radical (unpaired) electrons. The molecule has 29 heavy (non-hydrogen) atoms. The summed E-state index contributed by atoms with van der Waals surface area (Å²) in [6.07, 6.45) is 0.156. The van der Waals surface area contributed by atoms with Crippen molar-refractivity contribution in [2.75, 3.05) is 39.3 Å². The quantitative estimate of drug-likeness (QED) is 0.388. The van der Waals surface area contributed by atoms with E-state index in [9.17, 15) is 19.7 Å². The zero-order valence-electron chi connectivity index (χ0n) is 15.8. The maximum atomic E-state index is 12.6. The molecule has 0 spiro atoms. The molecule has 2 heterocycles. The lowest BCUT2D eigenvalue weighted by Gasteiger charge is -2.28. The van der Waals surface area contributed by atoms with E-state index in [-0.39, 0.29) is 36.2 Å². The van der Waals surface area contributed by atoms with Crippen molar-refractivity contribution < 1.29 is 24.4 Å². The van der Waals surface area contributed by atoms with Gasteiger partial charge in [0.1, 0.15) is 6.61 Å². The van der Waals surface area contributed by atoms with Gasteiger partial charge in [-0.3, -0.25) is 10.1 Å². The molecule has 3 rings (SSSR count). The number of thiol groups is 1. The maximum Gasteiger partial charge on any atom is 0.410 e. The molecule has 0 aliphatic carbocycles. The number of benzene rings is 1. The SMILES string of the molecule is O=C1N(CCO)CCN1C[C@@H]1C[C@H](S)CN1C(=O)OCc1ccc([N+](=O)[O-])cc1. The Balaban J connectivity index is 1.56. The molecule has 2 saturated heterocycles. The highest BCUT2D eigenvalue weighted by atomic mass is 32.1. The second kappa shape index (κ2) is 9.31. The van der Waals surface area contributed by atoms with Crippen molar-refractivity contribution in [2.24, 2.45) is 0 Å². The Morgan fingerprint density at radius 3 is 2.62 bits per heavy atom. The summed E-state index contributed by atoms with van der Waals surface area (Å²) in [5.41, 5.74) is 0.625. The summed E-state index contributed by atoms with van der Waals surface area (Å²) < 4.78 is 5.38. The van der Waals surface area contributed by atoms with E-state index in [0.717, 1.165) is 0 Å². The Kier molecular flexibility index (Phi) is 6.80. The van der Waals surface area contributed by atoms with E-state index >= 15 is 0 Å². The van der Waals surface area contributed by atoms with Crippen LogP contribution in [0.25, 0.3) is 0 Å². The van der Waals surface area contributed by atoms with E-state index in [1.807, 2.05) is 0 Å². The number of aliphatic hydroxyl groups is 1. The number of hydrogen-bond donors (Lipinski definition) is 2. The van der Waals surface area contributed by atoms with Crippen LogP contribution in [0.4, 0.5) is 15.3 Å². The lowest BCUT2D eigenvalue weighted by atomic mass is 10.2. The predicted octanol–water partition coefficient (Wildman–Crippen LogP) is 1.33. The van der Waals surface area contributed by atoms with Crippen LogP contribution in [0.5, 0.6) is 0 Å². The predicted molar refractivity (Wildman–Crippen MR) is 107 cm³/mol. The van der Waals surface area contributed by atoms with Gasteiger partial charge in [0, 0.05) is 50.1 Å². The zero-order valence-corrected chi connectivity index (χ0v) is 16.7. The van der Waals surface area contributed by atoms with Crippen molar-refractivity contribution in [1.29, 1.82) is 0 Å². The average Bonchev–Trinajstić information content (AvgIpc) is 3.24. The fraction of sp³-hybridized carbons (Fsp3) is 0.556. The summed E-state index contributed by atoms with van der Waals surface area (Å²) in [5.74, 6) is 0. The zero-order chi connectivity index (χ0) is 21.0. The van der Waals surface area contributed by atoms with E-state index in [1.54, 1.807) is 26.8 Å². The maximum absolute atomic E-state index is 12.6. The number of hydrogen-bond acceptors (Lipinski definition) is 7. The van der Waals surface area contributed by atoms with Crippen LogP contribution in [0.3, 0.4) is 0 Å². The molecule has 1 aromatic carbocycles. The van der Waals surface area contributed by atoms with Crippen molar-refractivity contribution in [2.45, 2.75) is 24.3 Å². The standard InChI is InChI=1S/C18H24N4O6S/c23-8-7-19-5-6-20(17(19)24)10-15-9-16(29)11-21(15)18(25)28-12-13-1-3-14(4-2-13)22(26)27/h1-4,15-16,23,29H,5-12H2/t15-,16-/m0/s1. The molecule has 11 heteroatoms. The number of aliphatic hydroxyl groups excluding tert-OH is 1. The number of ether oxygens (including phenoxy) is 1. The van der Waals surface area contributed by atoms with Crippen LogP contribution in [-0.4, -0.2) is 87.5 Å². The van der Waals surface area contributed by atoms with Gasteiger partial charge in [-0.05, 0) is 24.1 Å². The lowest BCUT2D eigenvalue weighted by Crippen LogP contribution is -2.45. The van der Waals surface area contributed by atoms with Crippen LogP contribution in [-0.2, 0) is 11.3 Å². The highest BCUT2D eigenvalue weighted by Crippen LogP contribution is 2.25. The molecule has 1 aromatic rings. The molecule has 158 valence electrons. The Bertz CT molecular complexity index is 761. The molecular weight excluding hydrogens is 400 g/mol. The normalized spacial score (nSPS) is 21.7. The molecule has 1 N–H and O–H groups in total. The molecule has 10 nitrogen and oxygen atoms in total. The molecule has 0 aromatic heterocycles. The number of urea groups is 1. The molecule has 0 bridgehead atoms. The van der Waals surface area contributed by atoms with Crippen molar-refractivity contribution in [1.82, 2.24) is 14.7 Å². The first kappa shape index (κ1) is 21.2. The molecule has 0 unspecified atom stereocenters. The number of carbonyl (C=O) groups is 2. The van der Waals surface area contributed by atoms with Gasteiger partial charge >= 0.3 is 12.1 Å². The summed E-state index contributed by atoms with van der Waals surface area (Å²) in [5, 5.41) is 19.7. The largest absolute Gasteiger partial charge is 0.445 e. The van der Waals surface area contributed by atoms with Crippen LogP contribution in [0.1, 0.15) is 12.0 Å². The number of nitro groups is 1. The monoisotopic (exact) mass is 424 g/mol. The lowest BCUT2D eigenvalue weighted by molar-refractivity contribution is -0.384. The molecule has 3 amide bonds. The van der Waals surface area contributed by atoms with Crippen LogP contribution >= 0.6 is 12.6 Å². The molecule has 2 aliphatic heterocycles. The van der Waals surface area contributed by atoms with Crippen molar-refractivity contribution in [3.05, 3.63) is 39.9 Å². The summed E-state index contributed by atoms with van der Waals surface area (Å²) in [4.78, 5) is 40.0. The first-order chi connectivity index (χ1) is 13.9. The number of non-ortho nitro benzene ring substituents is 1. The first-order valence-corrected chi connectivity index (χ1v) is 9.90. The van der Waals surface area contributed by atoms with Gasteiger partial charge in [-0.25, -0.2) is 9.59 Å². The minimum Gasteiger partial charge on any atom is -0.445 e. The van der Waals surface area contributed by atoms with Gasteiger partial charge in [-0.2, -0.15) is 12.6 Å². The summed E-state index contributed by atoms with van der Waals surface area (Å²) in [6, 6.07) is 5.49.